The van der Waals surface area contributed by atoms with E-state index in [1.165, 1.54) is 0 Å². The summed E-state index contributed by atoms with van der Waals surface area (Å²) in [6.07, 6.45) is 4.02. The van der Waals surface area contributed by atoms with Crippen molar-refractivity contribution >= 4 is 33.5 Å². The Labute approximate surface area is 156 Å². The van der Waals surface area contributed by atoms with Gasteiger partial charge in [0.1, 0.15) is 11.3 Å². The highest BCUT2D eigenvalue weighted by Crippen LogP contribution is 2.30. The monoisotopic (exact) mass is 363 g/mol. The number of amides is 1. The summed E-state index contributed by atoms with van der Waals surface area (Å²) in [5.74, 6) is 0.482. The Balaban J connectivity index is 1.79. The maximum atomic E-state index is 12.0. The lowest BCUT2D eigenvalue weighted by Gasteiger charge is -2.15. The van der Waals surface area contributed by atoms with Gasteiger partial charge in [0.2, 0.25) is 5.91 Å². The number of carbonyl (C=O) groups is 1. The minimum Gasteiger partial charge on any atom is -0.383 e. The Morgan fingerprint density at radius 3 is 2.81 bits per heavy atom. The molecule has 138 valence electrons. The van der Waals surface area contributed by atoms with E-state index in [4.69, 9.17) is 10.8 Å². The van der Waals surface area contributed by atoms with Gasteiger partial charge in [-0.15, -0.1) is 0 Å². The number of H-pyrrole nitrogens is 1. The van der Waals surface area contributed by atoms with Crippen molar-refractivity contribution in [3.05, 3.63) is 36.7 Å². The number of nitrogens with zero attached hydrogens (tertiary/aromatic N) is 5. The summed E-state index contributed by atoms with van der Waals surface area (Å²) in [5.41, 5.74) is 9.55. The topological polar surface area (TPSA) is 106 Å². The molecule has 4 aromatic rings. The first-order valence-corrected chi connectivity index (χ1v) is 8.72. The van der Waals surface area contributed by atoms with Gasteiger partial charge in [-0.1, -0.05) is 6.07 Å². The third kappa shape index (κ3) is 2.99. The Bertz CT molecular complexity index is 1130. The average molecular weight is 363 g/mol. The summed E-state index contributed by atoms with van der Waals surface area (Å²) >= 11 is 0. The van der Waals surface area contributed by atoms with E-state index in [9.17, 15) is 4.79 Å². The number of benzene rings is 1. The van der Waals surface area contributed by atoms with Crippen molar-refractivity contribution in [1.82, 2.24) is 29.9 Å². The van der Waals surface area contributed by atoms with Crippen molar-refractivity contribution in [2.24, 2.45) is 0 Å². The van der Waals surface area contributed by atoms with Gasteiger partial charge in [-0.2, -0.15) is 10.2 Å². The molecule has 0 aliphatic carbocycles. The normalized spacial score (nSPS) is 12.6. The lowest BCUT2D eigenvalue weighted by Crippen LogP contribution is -2.24. The number of fused-ring (bicyclic) bond motifs is 3. The predicted octanol–water partition coefficient (Wildman–Crippen LogP) is 2.60. The molecule has 1 amide bonds. The van der Waals surface area contributed by atoms with Crippen molar-refractivity contribution < 1.29 is 4.79 Å². The van der Waals surface area contributed by atoms with Gasteiger partial charge in [-0.05, 0) is 25.1 Å². The highest BCUT2D eigenvalue weighted by molar-refractivity contribution is 6.08. The Morgan fingerprint density at radius 1 is 1.30 bits per heavy atom. The summed E-state index contributed by atoms with van der Waals surface area (Å²) in [6, 6.07) is 7.76. The van der Waals surface area contributed by atoms with Crippen LogP contribution in [0.5, 0.6) is 0 Å². The van der Waals surface area contributed by atoms with Gasteiger partial charge in [0, 0.05) is 43.9 Å². The first kappa shape index (κ1) is 17.0. The molecule has 0 saturated heterocycles. The zero-order valence-electron chi connectivity index (χ0n) is 15.5. The van der Waals surface area contributed by atoms with Crippen LogP contribution in [0.2, 0.25) is 0 Å². The molecule has 27 heavy (non-hydrogen) atoms. The van der Waals surface area contributed by atoms with Crippen LogP contribution in [0.3, 0.4) is 0 Å². The molecule has 8 nitrogen and oxygen atoms in total. The largest absolute Gasteiger partial charge is 0.383 e. The third-order valence-corrected chi connectivity index (χ3v) is 4.72. The molecule has 3 aromatic heterocycles. The third-order valence-electron chi connectivity index (χ3n) is 4.72. The number of pyridine rings is 1. The number of hydrogen-bond donors (Lipinski definition) is 2. The summed E-state index contributed by atoms with van der Waals surface area (Å²) < 4.78 is 1.80. The number of anilines is 1. The Kier molecular flexibility index (Phi) is 4.02. The van der Waals surface area contributed by atoms with E-state index in [1.807, 2.05) is 37.4 Å². The number of aromatic nitrogens is 5. The predicted molar refractivity (Wildman–Crippen MR) is 105 cm³/mol. The van der Waals surface area contributed by atoms with Crippen LogP contribution in [0.1, 0.15) is 19.4 Å². The zero-order valence-corrected chi connectivity index (χ0v) is 15.5. The van der Waals surface area contributed by atoms with E-state index < -0.39 is 0 Å². The quantitative estimate of drug-likeness (QED) is 0.580. The lowest BCUT2D eigenvalue weighted by molar-refractivity contribution is -0.129. The first-order valence-electron chi connectivity index (χ1n) is 8.72. The van der Waals surface area contributed by atoms with Crippen LogP contribution in [0, 0.1) is 0 Å². The number of nitrogens with two attached hydrogens (primary N) is 1. The molecular formula is C19H21N7O. The molecule has 3 heterocycles. The van der Waals surface area contributed by atoms with Gasteiger partial charge < -0.3 is 10.6 Å². The van der Waals surface area contributed by atoms with E-state index in [-0.39, 0.29) is 11.9 Å². The molecule has 0 fully saturated rings. The molecule has 0 radical (unpaired) electrons. The van der Waals surface area contributed by atoms with Crippen molar-refractivity contribution in [3.8, 4) is 11.3 Å². The van der Waals surface area contributed by atoms with Crippen LogP contribution in [0.25, 0.3) is 33.1 Å². The highest BCUT2D eigenvalue weighted by Gasteiger charge is 2.17. The number of hydrogen-bond acceptors (Lipinski definition) is 5. The maximum absolute atomic E-state index is 12.0. The van der Waals surface area contributed by atoms with E-state index in [0.717, 1.165) is 33.1 Å². The van der Waals surface area contributed by atoms with Gasteiger partial charge in [0.25, 0.3) is 0 Å². The van der Waals surface area contributed by atoms with Gasteiger partial charge in [-0.3, -0.25) is 14.6 Å². The number of rotatable bonds is 4. The number of nitrogen functional groups attached to an aromatic ring is 1. The lowest BCUT2D eigenvalue weighted by atomic mass is 10.1. The molecule has 8 heteroatoms. The van der Waals surface area contributed by atoms with Crippen LogP contribution in [0.4, 0.5) is 5.82 Å². The van der Waals surface area contributed by atoms with Crippen LogP contribution >= 0.6 is 0 Å². The molecule has 3 N–H and O–H groups in total. The fourth-order valence-corrected chi connectivity index (χ4v) is 3.13. The van der Waals surface area contributed by atoms with Crippen LogP contribution in [0.15, 0.2) is 36.7 Å². The number of carbonyl (C=O) groups excluding carboxylic acids is 1. The summed E-state index contributed by atoms with van der Waals surface area (Å²) in [5, 5.41) is 13.4. The van der Waals surface area contributed by atoms with Crippen molar-refractivity contribution in [3.63, 3.8) is 0 Å². The Hall–Kier alpha value is -3.42. The molecule has 1 aromatic carbocycles. The standard InChI is InChI=1S/C19H21N7O/c1-11(8-17(27)25(2)3)26-10-14-18(24-26)13-5-4-12(15-6-7-21-23-15)9-16(13)22-19(14)20/h4-7,9-11H,8H2,1-3H3,(H2,20,22)(H,21,23). The second kappa shape index (κ2) is 6.39. The molecular weight excluding hydrogens is 342 g/mol. The molecule has 0 saturated carbocycles. The molecule has 0 spiro atoms. The summed E-state index contributed by atoms with van der Waals surface area (Å²) in [6.45, 7) is 1.97. The van der Waals surface area contributed by atoms with Crippen LogP contribution in [-0.2, 0) is 4.79 Å². The SMILES string of the molecule is CC(CC(=O)N(C)C)n1cc2c(N)nc3cc(-c4cc[nH]n4)ccc3c2n1. The summed E-state index contributed by atoms with van der Waals surface area (Å²) in [7, 11) is 3.50. The van der Waals surface area contributed by atoms with Gasteiger partial charge in [0.15, 0.2) is 0 Å². The van der Waals surface area contributed by atoms with E-state index in [0.29, 0.717) is 12.2 Å². The Morgan fingerprint density at radius 2 is 2.11 bits per heavy atom. The van der Waals surface area contributed by atoms with Gasteiger partial charge >= 0.3 is 0 Å². The van der Waals surface area contributed by atoms with Gasteiger partial charge in [0.05, 0.1) is 22.6 Å². The van der Waals surface area contributed by atoms with Crippen molar-refractivity contribution in [2.45, 2.75) is 19.4 Å². The number of aromatic amines is 1. The first-order chi connectivity index (χ1) is 12.9. The molecule has 1 atom stereocenters. The van der Waals surface area contributed by atoms with Crippen LogP contribution in [-0.4, -0.2) is 49.9 Å². The fraction of sp³-hybridized carbons (Fsp3) is 0.263. The molecule has 1 unspecified atom stereocenters. The smallest absolute Gasteiger partial charge is 0.224 e. The maximum Gasteiger partial charge on any atom is 0.224 e. The second-order valence-corrected chi connectivity index (χ2v) is 6.90. The van der Waals surface area contributed by atoms with Gasteiger partial charge in [-0.25, -0.2) is 4.98 Å². The summed E-state index contributed by atoms with van der Waals surface area (Å²) in [4.78, 5) is 18.1. The molecule has 4 rings (SSSR count). The zero-order chi connectivity index (χ0) is 19.1. The molecule has 0 aliphatic heterocycles. The van der Waals surface area contributed by atoms with Crippen molar-refractivity contribution in [2.75, 3.05) is 19.8 Å². The minimum absolute atomic E-state index is 0.0571. The number of nitrogens with one attached hydrogen (secondary N) is 1. The van der Waals surface area contributed by atoms with E-state index in [2.05, 4.69) is 15.2 Å². The van der Waals surface area contributed by atoms with Crippen molar-refractivity contribution in [1.29, 1.82) is 0 Å². The average Bonchev–Trinajstić information content (AvgIpc) is 3.31. The second-order valence-electron chi connectivity index (χ2n) is 6.90. The molecule has 0 aliphatic rings. The van der Waals surface area contributed by atoms with E-state index >= 15 is 0 Å². The van der Waals surface area contributed by atoms with Crippen LogP contribution < -0.4 is 5.73 Å². The van der Waals surface area contributed by atoms with E-state index in [1.54, 1.807) is 29.9 Å². The highest BCUT2D eigenvalue weighted by atomic mass is 16.2. The minimum atomic E-state index is -0.0786. The fourth-order valence-electron chi connectivity index (χ4n) is 3.13. The molecule has 0 bridgehead atoms.